The molecule has 0 aromatic carbocycles. The number of anilines is 1. The van der Waals surface area contributed by atoms with Gasteiger partial charge in [0, 0.05) is 30.7 Å². The van der Waals surface area contributed by atoms with Gasteiger partial charge in [0.15, 0.2) is 5.01 Å². The van der Waals surface area contributed by atoms with Crippen LogP contribution in [0.25, 0.3) is 21.6 Å². The molecule has 3 aromatic heterocycles. The lowest BCUT2D eigenvalue weighted by Crippen LogP contribution is -2.43. The minimum Gasteiger partial charge on any atom is -0.378 e. The number of aryl methyl sites for hydroxylation is 1. The molecule has 25 heavy (non-hydrogen) atoms. The molecule has 0 bridgehead atoms. The summed E-state index contributed by atoms with van der Waals surface area (Å²) in [5.41, 5.74) is 1.51. The Morgan fingerprint density at radius 2 is 2.12 bits per heavy atom. The number of morpholine rings is 1. The Morgan fingerprint density at radius 1 is 1.28 bits per heavy atom. The monoisotopic (exact) mass is 356 g/mol. The van der Waals surface area contributed by atoms with Crippen LogP contribution >= 0.6 is 11.3 Å². The number of aromatic nitrogens is 4. The van der Waals surface area contributed by atoms with Gasteiger partial charge in [-0.2, -0.15) is 0 Å². The number of fused-ring (bicyclic) bond motifs is 1. The highest BCUT2D eigenvalue weighted by molar-refractivity contribution is 7.14. The second kappa shape index (κ2) is 6.69. The summed E-state index contributed by atoms with van der Waals surface area (Å²) >= 11 is 1.49. The van der Waals surface area contributed by atoms with Gasteiger partial charge >= 0.3 is 6.03 Å². The molecule has 0 saturated carbocycles. The number of ether oxygens (including phenoxy) is 1. The maximum absolute atomic E-state index is 12.3. The van der Waals surface area contributed by atoms with Crippen LogP contribution in [0.3, 0.4) is 0 Å². The van der Waals surface area contributed by atoms with E-state index in [2.05, 4.69) is 25.5 Å². The zero-order valence-electron chi connectivity index (χ0n) is 13.6. The van der Waals surface area contributed by atoms with Crippen LogP contribution in [0.4, 0.5) is 10.6 Å². The first-order valence-corrected chi connectivity index (χ1v) is 8.72. The van der Waals surface area contributed by atoms with E-state index < -0.39 is 0 Å². The van der Waals surface area contributed by atoms with Gasteiger partial charge in [-0.05, 0) is 19.1 Å². The fraction of sp³-hybridized carbons (Fsp3) is 0.312. The topological polar surface area (TPSA) is 93.1 Å². The van der Waals surface area contributed by atoms with Gasteiger partial charge in [0.2, 0.25) is 0 Å². The maximum atomic E-state index is 12.3. The van der Waals surface area contributed by atoms with Gasteiger partial charge in [-0.25, -0.2) is 14.8 Å². The molecule has 3 aromatic rings. The Labute approximate surface area is 147 Å². The predicted molar refractivity (Wildman–Crippen MR) is 94.6 cm³/mol. The van der Waals surface area contributed by atoms with E-state index in [1.807, 2.05) is 19.1 Å². The Morgan fingerprint density at radius 3 is 2.88 bits per heavy atom. The predicted octanol–water partition coefficient (Wildman–Crippen LogP) is 2.32. The number of hydrogen-bond acceptors (Lipinski definition) is 7. The van der Waals surface area contributed by atoms with Crippen molar-refractivity contribution >= 4 is 34.1 Å². The normalized spacial score (nSPS) is 14.7. The summed E-state index contributed by atoms with van der Waals surface area (Å²) in [7, 11) is 0. The lowest BCUT2D eigenvalue weighted by Gasteiger charge is -2.26. The molecular weight excluding hydrogens is 340 g/mol. The van der Waals surface area contributed by atoms with Crippen molar-refractivity contribution in [1.82, 2.24) is 25.1 Å². The van der Waals surface area contributed by atoms with Crippen LogP contribution in [0.2, 0.25) is 0 Å². The van der Waals surface area contributed by atoms with E-state index in [9.17, 15) is 4.79 Å². The summed E-state index contributed by atoms with van der Waals surface area (Å²) in [6, 6.07) is 5.43. The Balaban J connectivity index is 1.59. The molecule has 4 rings (SSSR count). The van der Waals surface area contributed by atoms with Crippen LogP contribution < -0.4 is 5.32 Å². The number of urea groups is 1. The second-order valence-corrected chi connectivity index (χ2v) is 6.80. The molecule has 0 atom stereocenters. The Bertz CT molecular complexity index is 922. The van der Waals surface area contributed by atoms with Crippen molar-refractivity contribution in [3.63, 3.8) is 0 Å². The molecule has 1 aliphatic heterocycles. The third-order valence-electron chi connectivity index (χ3n) is 3.85. The number of carbonyl (C=O) groups is 1. The molecule has 9 heteroatoms. The Hall–Kier alpha value is -2.65. The number of nitrogens with one attached hydrogen (secondary N) is 1. The fourth-order valence-electron chi connectivity index (χ4n) is 2.56. The standard InChI is InChI=1S/C16H16N6O2S/c1-10-20-21-15(25-10)12-3-2-11-9-17-14(8-13(11)18-12)19-16(23)22-4-6-24-7-5-22/h2-3,8-9H,4-7H2,1H3,(H,17,19,23). The van der Waals surface area contributed by atoms with Crippen molar-refractivity contribution in [2.45, 2.75) is 6.92 Å². The lowest BCUT2D eigenvalue weighted by atomic mass is 10.2. The summed E-state index contributed by atoms with van der Waals surface area (Å²) in [5.74, 6) is 0.474. The van der Waals surface area contributed by atoms with E-state index in [4.69, 9.17) is 4.74 Å². The number of amides is 2. The van der Waals surface area contributed by atoms with Gasteiger partial charge in [0.05, 0.1) is 18.7 Å². The molecule has 0 unspecified atom stereocenters. The van der Waals surface area contributed by atoms with Crippen LogP contribution in [0, 0.1) is 6.92 Å². The van der Waals surface area contributed by atoms with Crippen LogP contribution in [0.1, 0.15) is 5.01 Å². The molecule has 1 fully saturated rings. The van der Waals surface area contributed by atoms with Crippen molar-refractivity contribution < 1.29 is 9.53 Å². The first-order chi connectivity index (χ1) is 12.2. The molecule has 0 radical (unpaired) electrons. The largest absolute Gasteiger partial charge is 0.378 e. The summed E-state index contributed by atoms with van der Waals surface area (Å²) in [4.78, 5) is 22.9. The molecular formula is C16H16N6O2S. The van der Waals surface area contributed by atoms with Crippen molar-refractivity contribution in [1.29, 1.82) is 0 Å². The maximum Gasteiger partial charge on any atom is 0.323 e. The van der Waals surface area contributed by atoms with E-state index in [0.717, 1.165) is 26.6 Å². The van der Waals surface area contributed by atoms with Gasteiger partial charge in [-0.1, -0.05) is 11.3 Å². The Kier molecular flexibility index (Phi) is 4.24. The number of rotatable bonds is 2. The first kappa shape index (κ1) is 15.9. The molecule has 1 N–H and O–H groups in total. The molecule has 2 amide bonds. The minimum absolute atomic E-state index is 0.175. The van der Waals surface area contributed by atoms with E-state index in [1.54, 1.807) is 17.2 Å². The zero-order valence-corrected chi connectivity index (χ0v) is 14.4. The number of pyridine rings is 2. The van der Waals surface area contributed by atoms with E-state index >= 15 is 0 Å². The highest BCUT2D eigenvalue weighted by Crippen LogP contribution is 2.24. The second-order valence-electron chi connectivity index (χ2n) is 5.61. The molecule has 0 aliphatic carbocycles. The summed E-state index contributed by atoms with van der Waals surface area (Å²) < 4.78 is 5.26. The van der Waals surface area contributed by atoms with E-state index in [0.29, 0.717) is 32.1 Å². The van der Waals surface area contributed by atoms with Crippen molar-refractivity contribution in [3.8, 4) is 10.7 Å². The van der Waals surface area contributed by atoms with Crippen molar-refractivity contribution in [2.75, 3.05) is 31.6 Å². The molecule has 1 saturated heterocycles. The molecule has 0 spiro atoms. The minimum atomic E-state index is -0.175. The molecule has 8 nitrogen and oxygen atoms in total. The smallest absolute Gasteiger partial charge is 0.323 e. The van der Waals surface area contributed by atoms with Gasteiger partial charge < -0.3 is 9.64 Å². The van der Waals surface area contributed by atoms with Crippen LogP contribution in [-0.2, 0) is 4.74 Å². The van der Waals surface area contributed by atoms with Gasteiger partial charge in [0.25, 0.3) is 0 Å². The highest BCUT2D eigenvalue weighted by atomic mass is 32.1. The number of carbonyl (C=O) groups excluding carboxylic acids is 1. The first-order valence-electron chi connectivity index (χ1n) is 7.90. The lowest BCUT2D eigenvalue weighted by molar-refractivity contribution is 0.0564. The summed E-state index contributed by atoms with van der Waals surface area (Å²) in [6.45, 7) is 4.19. The van der Waals surface area contributed by atoms with Gasteiger partial charge in [-0.3, -0.25) is 5.32 Å². The third-order valence-corrected chi connectivity index (χ3v) is 4.71. The fourth-order valence-corrected chi connectivity index (χ4v) is 3.22. The zero-order chi connectivity index (χ0) is 17.2. The molecule has 4 heterocycles. The number of hydrogen-bond donors (Lipinski definition) is 1. The average molecular weight is 356 g/mol. The molecule has 128 valence electrons. The van der Waals surface area contributed by atoms with Gasteiger partial charge in [-0.15, -0.1) is 10.2 Å². The SMILES string of the molecule is Cc1nnc(-c2ccc3cnc(NC(=O)N4CCOCC4)cc3n2)s1. The number of nitrogens with zero attached hydrogens (tertiary/aromatic N) is 5. The van der Waals surface area contributed by atoms with Crippen LogP contribution in [-0.4, -0.2) is 57.4 Å². The van der Waals surface area contributed by atoms with Gasteiger partial charge in [0.1, 0.15) is 16.5 Å². The quantitative estimate of drug-likeness (QED) is 0.757. The van der Waals surface area contributed by atoms with Crippen molar-refractivity contribution in [2.24, 2.45) is 0 Å². The van der Waals surface area contributed by atoms with E-state index in [1.165, 1.54) is 11.3 Å². The molecule has 1 aliphatic rings. The average Bonchev–Trinajstić information content (AvgIpc) is 3.08. The third kappa shape index (κ3) is 3.42. The summed E-state index contributed by atoms with van der Waals surface area (Å²) in [6.07, 6.45) is 1.70. The van der Waals surface area contributed by atoms with E-state index in [-0.39, 0.29) is 6.03 Å². The highest BCUT2D eigenvalue weighted by Gasteiger charge is 2.17. The van der Waals surface area contributed by atoms with Crippen molar-refractivity contribution in [3.05, 3.63) is 29.4 Å². The van der Waals surface area contributed by atoms with Crippen LogP contribution in [0.15, 0.2) is 24.4 Å². The summed E-state index contributed by atoms with van der Waals surface area (Å²) in [5, 5.41) is 13.5. The van der Waals surface area contributed by atoms with Crippen LogP contribution in [0.5, 0.6) is 0 Å².